The Labute approximate surface area is 119 Å². The Hall–Kier alpha value is -1.93. The number of unbranched alkanes of at least 4 members (excludes halogenated alkanes) is 1. The summed E-state index contributed by atoms with van der Waals surface area (Å²) in [6.07, 6.45) is 2.49. The molecule has 1 amide bonds. The van der Waals surface area contributed by atoms with Crippen LogP contribution in [0.4, 0.5) is 4.39 Å². The Kier molecular flexibility index (Phi) is 6.13. The van der Waals surface area contributed by atoms with Crippen LogP contribution in [-0.4, -0.2) is 23.9 Å². The summed E-state index contributed by atoms with van der Waals surface area (Å²) in [5.74, 6) is -0.633. The summed E-state index contributed by atoms with van der Waals surface area (Å²) in [7, 11) is 1.59. The molecular weight excluding hydrogens is 257 g/mol. The molecule has 0 aromatic heterocycles. The van der Waals surface area contributed by atoms with E-state index in [1.54, 1.807) is 7.05 Å². The fourth-order valence-electron chi connectivity index (χ4n) is 1.93. The summed E-state index contributed by atoms with van der Waals surface area (Å²) in [6, 6.07) is 5.50. The van der Waals surface area contributed by atoms with Crippen molar-refractivity contribution in [3.8, 4) is 6.07 Å². The van der Waals surface area contributed by atoms with Crippen molar-refractivity contribution in [3.05, 3.63) is 35.1 Å². The number of hydrogen-bond donors (Lipinski definition) is 1. The molecule has 108 valence electrons. The fraction of sp³-hybridized carbons (Fsp3) is 0.467. The van der Waals surface area contributed by atoms with Gasteiger partial charge in [0.15, 0.2) is 0 Å². The second kappa shape index (κ2) is 7.61. The molecule has 1 atom stereocenters. The number of benzene rings is 1. The second-order valence-electron chi connectivity index (χ2n) is 4.86. The first-order chi connectivity index (χ1) is 9.49. The van der Waals surface area contributed by atoms with Crippen molar-refractivity contribution >= 4 is 5.91 Å². The molecular formula is C15H20FN3O. The van der Waals surface area contributed by atoms with E-state index in [4.69, 9.17) is 11.0 Å². The number of halogens is 1. The van der Waals surface area contributed by atoms with E-state index in [0.717, 1.165) is 12.8 Å². The van der Waals surface area contributed by atoms with Crippen molar-refractivity contribution in [2.24, 2.45) is 5.73 Å². The predicted molar refractivity (Wildman–Crippen MR) is 75.1 cm³/mol. The molecule has 1 aromatic carbocycles. The summed E-state index contributed by atoms with van der Waals surface area (Å²) in [4.78, 5) is 13.4. The molecule has 0 bridgehead atoms. The number of carbonyl (C=O) groups excluding carboxylic acids is 1. The molecule has 0 aliphatic heterocycles. The molecule has 4 nitrogen and oxygen atoms in total. The number of nitrogens with zero attached hydrogens (tertiary/aromatic N) is 2. The third-order valence-corrected chi connectivity index (χ3v) is 3.14. The molecule has 1 aromatic rings. The van der Waals surface area contributed by atoms with E-state index in [9.17, 15) is 9.18 Å². The van der Waals surface area contributed by atoms with Crippen LogP contribution in [-0.2, 0) is 11.3 Å². The van der Waals surface area contributed by atoms with E-state index in [1.165, 1.54) is 23.1 Å². The number of likely N-dealkylation sites (N-methyl/N-ethyl adjacent to an activating group) is 1. The summed E-state index contributed by atoms with van der Waals surface area (Å²) in [5.41, 5.74) is 6.51. The van der Waals surface area contributed by atoms with Gasteiger partial charge in [-0.05, 0) is 24.6 Å². The zero-order valence-corrected chi connectivity index (χ0v) is 11.9. The van der Waals surface area contributed by atoms with Gasteiger partial charge in [-0.1, -0.05) is 19.8 Å². The monoisotopic (exact) mass is 277 g/mol. The highest BCUT2D eigenvalue weighted by molar-refractivity contribution is 5.81. The maximum absolute atomic E-state index is 13.7. The lowest BCUT2D eigenvalue weighted by Crippen LogP contribution is -2.41. The minimum absolute atomic E-state index is 0.111. The standard InChI is InChI=1S/C15H20FN3O/c1-3-4-5-14(18)15(20)19(2)10-12-8-11(9-17)6-7-13(12)16/h6-8,14H,3-5,10,18H2,1-2H3/t14-/m0/s1. The minimum atomic E-state index is -0.554. The van der Waals surface area contributed by atoms with Crippen LogP contribution in [0, 0.1) is 17.1 Å². The van der Waals surface area contributed by atoms with Gasteiger partial charge < -0.3 is 10.6 Å². The molecule has 0 aliphatic carbocycles. The van der Waals surface area contributed by atoms with Crippen LogP contribution in [0.25, 0.3) is 0 Å². The van der Waals surface area contributed by atoms with Crippen molar-refractivity contribution in [3.63, 3.8) is 0 Å². The second-order valence-corrected chi connectivity index (χ2v) is 4.86. The lowest BCUT2D eigenvalue weighted by molar-refractivity contribution is -0.132. The highest BCUT2D eigenvalue weighted by Gasteiger charge is 2.18. The third-order valence-electron chi connectivity index (χ3n) is 3.14. The first-order valence-corrected chi connectivity index (χ1v) is 6.68. The Morgan fingerprint density at radius 2 is 2.25 bits per heavy atom. The lowest BCUT2D eigenvalue weighted by Gasteiger charge is -2.21. The van der Waals surface area contributed by atoms with Crippen LogP contribution in [0.1, 0.15) is 37.3 Å². The molecule has 20 heavy (non-hydrogen) atoms. The van der Waals surface area contributed by atoms with Gasteiger partial charge in [-0.3, -0.25) is 4.79 Å². The molecule has 0 fully saturated rings. The summed E-state index contributed by atoms with van der Waals surface area (Å²) in [5, 5.41) is 8.81. The van der Waals surface area contributed by atoms with Crippen molar-refractivity contribution in [2.75, 3.05) is 7.05 Å². The van der Waals surface area contributed by atoms with Crippen LogP contribution in [0.3, 0.4) is 0 Å². The maximum Gasteiger partial charge on any atom is 0.239 e. The number of rotatable bonds is 6. The normalized spacial score (nSPS) is 11.8. The van der Waals surface area contributed by atoms with Crippen LogP contribution >= 0.6 is 0 Å². The lowest BCUT2D eigenvalue weighted by atomic mass is 10.1. The van der Waals surface area contributed by atoms with Crippen LogP contribution in [0.15, 0.2) is 18.2 Å². The summed E-state index contributed by atoms with van der Waals surface area (Å²) >= 11 is 0. The van der Waals surface area contributed by atoms with Crippen molar-refractivity contribution in [2.45, 2.75) is 38.8 Å². The average molecular weight is 277 g/mol. The quantitative estimate of drug-likeness (QED) is 0.866. The summed E-state index contributed by atoms with van der Waals surface area (Å²) in [6.45, 7) is 2.14. The highest BCUT2D eigenvalue weighted by Crippen LogP contribution is 2.13. The molecule has 0 unspecified atom stereocenters. The topological polar surface area (TPSA) is 70.1 Å². The fourth-order valence-corrected chi connectivity index (χ4v) is 1.93. The van der Waals surface area contributed by atoms with Gasteiger partial charge >= 0.3 is 0 Å². The highest BCUT2D eigenvalue weighted by atomic mass is 19.1. The van der Waals surface area contributed by atoms with E-state index in [0.29, 0.717) is 17.5 Å². The van der Waals surface area contributed by atoms with Gasteiger partial charge in [0.25, 0.3) is 0 Å². The predicted octanol–water partition coefficient (Wildman–Crippen LogP) is 2.17. The number of nitriles is 1. The van der Waals surface area contributed by atoms with E-state index in [1.807, 2.05) is 13.0 Å². The molecule has 0 saturated carbocycles. The molecule has 5 heteroatoms. The van der Waals surface area contributed by atoms with Gasteiger partial charge in [0, 0.05) is 19.2 Å². The molecule has 0 heterocycles. The Morgan fingerprint density at radius 3 is 2.85 bits per heavy atom. The molecule has 0 radical (unpaired) electrons. The first kappa shape index (κ1) is 16.1. The Balaban J connectivity index is 2.73. The molecule has 0 saturated heterocycles. The molecule has 0 aliphatic rings. The SMILES string of the molecule is CCCC[C@H](N)C(=O)N(C)Cc1cc(C#N)ccc1F. The third kappa shape index (κ3) is 4.32. The zero-order chi connectivity index (χ0) is 15.1. The minimum Gasteiger partial charge on any atom is -0.340 e. The van der Waals surface area contributed by atoms with Crippen molar-refractivity contribution in [1.82, 2.24) is 4.90 Å². The summed E-state index contributed by atoms with van der Waals surface area (Å²) < 4.78 is 13.7. The average Bonchev–Trinajstić information content (AvgIpc) is 2.46. The van der Waals surface area contributed by atoms with Crippen LogP contribution in [0.2, 0.25) is 0 Å². The van der Waals surface area contributed by atoms with E-state index in [-0.39, 0.29) is 12.5 Å². The van der Waals surface area contributed by atoms with E-state index >= 15 is 0 Å². The van der Waals surface area contributed by atoms with Crippen LogP contribution < -0.4 is 5.73 Å². The first-order valence-electron chi connectivity index (χ1n) is 6.68. The Morgan fingerprint density at radius 1 is 1.55 bits per heavy atom. The van der Waals surface area contributed by atoms with Gasteiger partial charge in [-0.25, -0.2) is 4.39 Å². The van der Waals surface area contributed by atoms with Gasteiger partial charge in [0.05, 0.1) is 17.7 Å². The van der Waals surface area contributed by atoms with Gasteiger partial charge in [-0.15, -0.1) is 0 Å². The smallest absolute Gasteiger partial charge is 0.239 e. The number of hydrogen-bond acceptors (Lipinski definition) is 3. The van der Waals surface area contributed by atoms with E-state index in [2.05, 4.69) is 0 Å². The van der Waals surface area contributed by atoms with Gasteiger partial charge in [0.2, 0.25) is 5.91 Å². The van der Waals surface area contributed by atoms with Gasteiger partial charge in [-0.2, -0.15) is 5.26 Å². The van der Waals surface area contributed by atoms with E-state index < -0.39 is 11.9 Å². The molecule has 2 N–H and O–H groups in total. The molecule has 0 spiro atoms. The zero-order valence-electron chi connectivity index (χ0n) is 11.9. The number of amides is 1. The largest absolute Gasteiger partial charge is 0.340 e. The maximum atomic E-state index is 13.7. The van der Waals surface area contributed by atoms with Crippen molar-refractivity contribution in [1.29, 1.82) is 5.26 Å². The number of carbonyl (C=O) groups is 1. The van der Waals surface area contributed by atoms with Gasteiger partial charge in [0.1, 0.15) is 5.82 Å². The van der Waals surface area contributed by atoms with Crippen LogP contribution in [0.5, 0.6) is 0 Å². The Bertz CT molecular complexity index is 510. The van der Waals surface area contributed by atoms with Crippen molar-refractivity contribution < 1.29 is 9.18 Å². The molecule has 1 rings (SSSR count). The number of nitrogens with two attached hydrogens (primary N) is 1.